The predicted octanol–water partition coefficient (Wildman–Crippen LogP) is 5.28. The maximum absolute atomic E-state index is 13.8. The highest BCUT2D eigenvalue weighted by molar-refractivity contribution is 6.35. The molecule has 0 fully saturated rings. The van der Waals surface area contributed by atoms with Crippen molar-refractivity contribution in [3.8, 4) is 0 Å². The third-order valence-electron chi connectivity index (χ3n) is 4.41. The van der Waals surface area contributed by atoms with E-state index in [0.29, 0.717) is 12.8 Å². The molecule has 1 heterocycles. The van der Waals surface area contributed by atoms with Gasteiger partial charge in [-0.3, -0.25) is 4.74 Å². The highest BCUT2D eigenvalue weighted by Crippen LogP contribution is 2.47. The van der Waals surface area contributed by atoms with Crippen LogP contribution >= 0.6 is 23.2 Å². The monoisotopic (exact) mass is 443 g/mol. The molecule has 0 radical (unpaired) electrons. The molecule has 1 aromatic carbocycles. The molecule has 0 aliphatic heterocycles. The molecule has 3 unspecified atom stereocenters. The summed E-state index contributed by atoms with van der Waals surface area (Å²) in [6.45, 7) is 3.39. The second-order valence-electron chi connectivity index (χ2n) is 6.35. The van der Waals surface area contributed by atoms with E-state index < -0.39 is 30.3 Å². The van der Waals surface area contributed by atoms with Gasteiger partial charge in [0.05, 0.1) is 0 Å². The van der Waals surface area contributed by atoms with Crippen LogP contribution in [0.3, 0.4) is 0 Å². The fraction of sp³-hybridized carbons (Fsp3) is 0.529. The highest BCUT2D eigenvalue weighted by Gasteiger charge is 2.54. The standard InChI is InChI=1S/C17H19Cl2F4N3O2/c1-3-4-10(2)16(27,12-6-5-11(18)7-13(12)19)15(26-9-24-8-25-26)28-17(22,23)14(20)21/h5-10,14-15,27H,3-4H2,1-2H3. The van der Waals surface area contributed by atoms with Gasteiger partial charge in [0.2, 0.25) is 0 Å². The fourth-order valence-electron chi connectivity index (χ4n) is 2.99. The molecule has 0 saturated carbocycles. The van der Waals surface area contributed by atoms with Gasteiger partial charge in [-0.1, -0.05) is 49.5 Å². The molecule has 0 spiro atoms. The first-order chi connectivity index (χ1) is 13.0. The molecule has 156 valence electrons. The minimum Gasteiger partial charge on any atom is -0.380 e. The van der Waals surface area contributed by atoms with Crippen molar-refractivity contribution in [2.45, 2.75) is 51.1 Å². The molecule has 2 aromatic rings. The maximum Gasteiger partial charge on any atom is 0.418 e. The van der Waals surface area contributed by atoms with E-state index in [1.807, 2.05) is 6.92 Å². The maximum atomic E-state index is 13.8. The number of hydrogen-bond acceptors (Lipinski definition) is 4. The van der Waals surface area contributed by atoms with Gasteiger partial charge < -0.3 is 5.11 Å². The van der Waals surface area contributed by atoms with Crippen molar-refractivity contribution in [2.24, 2.45) is 5.92 Å². The molecular formula is C17H19Cl2F4N3O2. The average Bonchev–Trinajstić information content (AvgIpc) is 3.13. The molecule has 3 atom stereocenters. The highest BCUT2D eigenvalue weighted by atomic mass is 35.5. The van der Waals surface area contributed by atoms with Crippen LogP contribution in [0.1, 0.15) is 38.5 Å². The Hall–Kier alpha value is -1.42. The minimum atomic E-state index is -4.85. The van der Waals surface area contributed by atoms with E-state index in [4.69, 9.17) is 23.2 Å². The van der Waals surface area contributed by atoms with Crippen LogP contribution in [0.15, 0.2) is 30.9 Å². The van der Waals surface area contributed by atoms with Crippen LogP contribution in [-0.4, -0.2) is 32.4 Å². The third kappa shape index (κ3) is 4.59. The number of halogens is 6. The lowest BCUT2D eigenvalue weighted by Crippen LogP contribution is -2.48. The van der Waals surface area contributed by atoms with E-state index in [2.05, 4.69) is 14.8 Å². The number of ether oxygens (including phenoxy) is 1. The number of aliphatic hydroxyl groups is 1. The molecule has 5 nitrogen and oxygen atoms in total. The summed E-state index contributed by atoms with van der Waals surface area (Å²) in [6.07, 6.45) is -8.10. The zero-order valence-corrected chi connectivity index (χ0v) is 16.5. The average molecular weight is 444 g/mol. The molecule has 1 N–H and O–H groups in total. The molecule has 0 aliphatic carbocycles. The molecule has 0 saturated heterocycles. The zero-order valence-electron chi connectivity index (χ0n) is 15.0. The van der Waals surface area contributed by atoms with Crippen molar-refractivity contribution < 1.29 is 27.4 Å². The summed E-state index contributed by atoms with van der Waals surface area (Å²) in [6, 6.07) is 4.05. The Morgan fingerprint density at radius 1 is 1.29 bits per heavy atom. The van der Waals surface area contributed by atoms with Crippen molar-refractivity contribution in [2.75, 3.05) is 0 Å². The van der Waals surface area contributed by atoms with Crippen LogP contribution in [0.4, 0.5) is 17.6 Å². The van der Waals surface area contributed by atoms with Gasteiger partial charge >= 0.3 is 12.5 Å². The summed E-state index contributed by atoms with van der Waals surface area (Å²) < 4.78 is 58.6. The molecule has 1 aromatic heterocycles. The second kappa shape index (κ2) is 8.94. The third-order valence-corrected chi connectivity index (χ3v) is 4.96. The van der Waals surface area contributed by atoms with Crippen LogP contribution < -0.4 is 0 Å². The lowest BCUT2D eigenvalue weighted by molar-refractivity contribution is -0.362. The first-order valence-electron chi connectivity index (χ1n) is 8.39. The van der Waals surface area contributed by atoms with Gasteiger partial charge in [-0.15, -0.1) is 0 Å². The summed E-state index contributed by atoms with van der Waals surface area (Å²) in [7, 11) is 0. The number of nitrogens with zero attached hydrogens (tertiary/aromatic N) is 3. The summed E-state index contributed by atoms with van der Waals surface area (Å²) in [5, 5.41) is 15.5. The Morgan fingerprint density at radius 2 is 1.96 bits per heavy atom. The molecule has 11 heteroatoms. The van der Waals surface area contributed by atoms with E-state index in [0.717, 1.165) is 17.3 Å². The van der Waals surface area contributed by atoms with Gasteiger partial charge in [-0.25, -0.2) is 18.4 Å². The smallest absolute Gasteiger partial charge is 0.380 e. The number of alkyl halides is 4. The summed E-state index contributed by atoms with van der Waals surface area (Å²) >= 11 is 12.1. The van der Waals surface area contributed by atoms with Gasteiger partial charge in [0.15, 0.2) is 6.23 Å². The molecule has 0 aliphatic rings. The summed E-state index contributed by atoms with van der Waals surface area (Å²) in [4.78, 5) is 3.64. The lowest BCUT2D eigenvalue weighted by Gasteiger charge is -2.42. The van der Waals surface area contributed by atoms with Gasteiger partial charge in [0, 0.05) is 15.6 Å². The topological polar surface area (TPSA) is 60.2 Å². The van der Waals surface area contributed by atoms with Crippen LogP contribution in [0.2, 0.25) is 10.0 Å². The van der Waals surface area contributed by atoms with E-state index in [-0.39, 0.29) is 15.6 Å². The van der Waals surface area contributed by atoms with Gasteiger partial charge in [0.25, 0.3) is 0 Å². The van der Waals surface area contributed by atoms with E-state index in [1.54, 1.807) is 6.92 Å². The number of rotatable bonds is 9. The zero-order chi connectivity index (χ0) is 21.1. The van der Waals surface area contributed by atoms with Crippen LogP contribution in [0, 0.1) is 5.92 Å². The van der Waals surface area contributed by atoms with Crippen molar-refractivity contribution >= 4 is 23.2 Å². The van der Waals surface area contributed by atoms with E-state index >= 15 is 0 Å². The SMILES string of the molecule is CCCC(C)C(O)(c1ccc(Cl)cc1Cl)C(OC(F)(F)C(F)F)n1cncn1. The van der Waals surface area contributed by atoms with Crippen molar-refractivity contribution in [1.82, 2.24) is 14.8 Å². The number of hydrogen-bond donors (Lipinski definition) is 1. The van der Waals surface area contributed by atoms with Crippen molar-refractivity contribution in [3.05, 3.63) is 46.5 Å². The van der Waals surface area contributed by atoms with Gasteiger partial charge in [-0.2, -0.15) is 13.9 Å². The molecule has 0 amide bonds. The van der Waals surface area contributed by atoms with Gasteiger partial charge in [-0.05, 0) is 24.5 Å². The first kappa shape index (κ1) is 22.9. The van der Waals surface area contributed by atoms with Crippen molar-refractivity contribution in [3.63, 3.8) is 0 Å². The molecule has 0 bridgehead atoms. The minimum absolute atomic E-state index is 0.00918. The quantitative estimate of drug-likeness (QED) is 0.535. The fourth-order valence-corrected chi connectivity index (χ4v) is 3.55. The number of aromatic nitrogens is 3. The lowest BCUT2D eigenvalue weighted by atomic mass is 9.78. The second-order valence-corrected chi connectivity index (χ2v) is 7.19. The van der Waals surface area contributed by atoms with Crippen LogP contribution in [0.5, 0.6) is 0 Å². The Bertz CT molecular complexity index is 780. The Kier molecular flexibility index (Phi) is 7.30. The predicted molar refractivity (Wildman–Crippen MR) is 95.5 cm³/mol. The first-order valence-corrected chi connectivity index (χ1v) is 9.15. The van der Waals surface area contributed by atoms with E-state index in [1.165, 1.54) is 18.2 Å². The normalized spacial score (nSPS) is 16.8. The molecular weight excluding hydrogens is 425 g/mol. The van der Waals surface area contributed by atoms with Gasteiger partial charge in [0.1, 0.15) is 18.3 Å². The van der Waals surface area contributed by atoms with Crippen molar-refractivity contribution in [1.29, 1.82) is 0 Å². The Balaban J connectivity index is 2.68. The summed E-state index contributed by atoms with van der Waals surface area (Å²) in [5.74, 6) is -0.737. The largest absolute Gasteiger partial charge is 0.418 e. The van der Waals surface area contributed by atoms with E-state index in [9.17, 15) is 22.7 Å². The molecule has 2 rings (SSSR count). The Labute approximate surface area is 169 Å². The Morgan fingerprint density at radius 3 is 2.46 bits per heavy atom. The molecule has 28 heavy (non-hydrogen) atoms. The summed E-state index contributed by atoms with van der Waals surface area (Å²) in [5.41, 5.74) is -2.26. The van der Waals surface area contributed by atoms with Crippen LogP contribution in [-0.2, 0) is 10.3 Å². The number of benzene rings is 1. The van der Waals surface area contributed by atoms with Crippen LogP contribution in [0.25, 0.3) is 0 Å².